The number of benzene rings is 3. The maximum absolute atomic E-state index is 13.2. The number of hydrogen-bond acceptors (Lipinski definition) is 6. The lowest BCUT2D eigenvalue weighted by molar-refractivity contribution is -0.124. The predicted molar refractivity (Wildman–Crippen MR) is 166 cm³/mol. The van der Waals surface area contributed by atoms with E-state index in [2.05, 4.69) is 16.3 Å². The van der Waals surface area contributed by atoms with E-state index >= 15 is 0 Å². The van der Waals surface area contributed by atoms with Gasteiger partial charge in [0.25, 0.3) is 0 Å². The Labute approximate surface area is 251 Å². The minimum Gasteiger partial charge on any atom is -0.465 e. The first kappa shape index (κ1) is 29.5. The van der Waals surface area contributed by atoms with E-state index in [1.165, 1.54) is 7.11 Å². The molecular weight excluding hydrogens is 550 g/mol. The number of rotatable bonds is 10. The number of nitrogens with zero attached hydrogens (tertiary/aromatic N) is 2. The number of carbonyl (C=O) groups excluding carboxylic acids is 2. The molecule has 42 heavy (non-hydrogen) atoms. The Kier molecular flexibility index (Phi) is 9.98. The summed E-state index contributed by atoms with van der Waals surface area (Å²) < 4.78 is 10.4. The van der Waals surface area contributed by atoms with E-state index in [9.17, 15) is 9.59 Å². The third-order valence-electron chi connectivity index (χ3n) is 7.37. The van der Waals surface area contributed by atoms with Crippen LogP contribution in [0.15, 0.2) is 78.9 Å². The number of pyridine rings is 1. The molecule has 1 aromatic heterocycles. The molecule has 1 aliphatic heterocycles. The first-order valence-electron chi connectivity index (χ1n) is 14.1. The lowest BCUT2D eigenvalue weighted by atomic mass is 9.95. The van der Waals surface area contributed by atoms with Gasteiger partial charge in [-0.05, 0) is 65.9 Å². The second-order valence-corrected chi connectivity index (χ2v) is 10.7. The van der Waals surface area contributed by atoms with Gasteiger partial charge in [0.1, 0.15) is 0 Å². The maximum atomic E-state index is 13.2. The largest absolute Gasteiger partial charge is 0.465 e. The molecule has 4 aromatic rings. The average Bonchev–Trinajstić information content (AvgIpc) is 3.02. The van der Waals surface area contributed by atoms with Crippen LogP contribution in [0.1, 0.15) is 45.2 Å². The molecule has 1 saturated heterocycles. The van der Waals surface area contributed by atoms with Crippen LogP contribution >= 0.6 is 11.6 Å². The van der Waals surface area contributed by atoms with Gasteiger partial charge in [-0.3, -0.25) is 9.69 Å². The van der Waals surface area contributed by atoms with Gasteiger partial charge in [0, 0.05) is 23.5 Å². The Balaban J connectivity index is 1.36. The van der Waals surface area contributed by atoms with Crippen molar-refractivity contribution in [2.45, 2.75) is 18.9 Å². The number of hydrogen-bond donors (Lipinski definition) is 1. The number of esters is 1. The Bertz CT molecular complexity index is 1580. The van der Waals surface area contributed by atoms with Gasteiger partial charge < -0.3 is 14.8 Å². The van der Waals surface area contributed by atoms with Crippen LogP contribution in [0, 0.1) is 0 Å². The highest BCUT2D eigenvalue weighted by atomic mass is 35.5. The monoisotopic (exact) mass is 583 g/mol. The number of aromatic nitrogens is 1. The topological polar surface area (TPSA) is 80.8 Å². The molecular formula is C34H34ClN3O4. The first-order chi connectivity index (χ1) is 20.5. The van der Waals surface area contributed by atoms with Gasteiger partial charge in [0.2, 0.25) is 5.91 Å². The molecule has 7 nitrogen and oxygen atoms in total. The number of carbonyl (C=O) groups is 2. The number of nitrogens with one attached hydrogen (secondary N) is 1. The van der Waals surface area contributed by atoms with Crippen molar-refractivity contribution in [1.29, 1.82) is 0 Å². The fraction of sp³-hybridized carbons (Fsp3) is 0.265. The van der Waals surface area contributed by atoms with Crippen molar-refractivity contribution in [3.8, 4) is 0 Å². The van der Waals surface area contributed by atoms with Gasteiger partial charge in [-0.15, -0.1) is 0 Å². The zero-order chi connectivity index (χ0) is 29.3. The van der Waals surface area contributed by atoms with Gasteiger partial charge in [-0.1, -0.05) is 66.2 Å². The molecule has 1 unspecified atom stereocenters. The molecule has 1 atom stereocenters. The summed E-state index contributed by atoms with van der Waals surface area (Å²) >= 11 is 6.16. The summed E-state index contributed by atoms with van der Waals surface area (Å²) in [6.07, 6.45) is 5.19. The molecule has 1 amide bonds. The van der Waals surface area contributed by atoms with Crippen LogP contribution in [-0.4, -0.2) is 61.7 Å². The molecule has 216 valence electrons. The summed E-state index contributed by atoms with van der Waals surface area (Å²) in [5.74, 6) is -0.404. The quantitative estimate of drug-likeness (QED) is 0.232. The van der Waals surface area contributed by atoms with E-state index in [1.807, 2.05) is 78.9 Å². The fourth-order valence-electron chi connectivity index (χ4n) is 5.13. The number of morpholine rings is 1. The molecule has 5 rings (SSSR count). The first-order valence-corrected chi connectivity index (χ1v) is 14.5. The Hall–Kier alpha value is -4.04. The molecule has 0 radical (unpaired) electrons. The van der Waals surface area contributed by atoms with Crippen molar-refractivity contribution >= 4 is 46.5 Å². The van der Waals surface area contributed by atoms with Crippen molar-refractivity contribution in [3.63, 3.8) is 0 Å². The molecule has 3 aromatic carbocycles. The van der Waals surface area contributed by atoms with Crippen molar-refractivity contribution in [2.75, 3.05) is 40.0 Å². The molecule has 8 heteroatoms. The highest BCUT2D eigenvalue weighted by Gasteiger charge is 2.20. The van der Waals surface area contributed by atoms with Gasteiger partial charge in [-0.2, -0.15) is 0 Å². The lowest BCUT2D eigenvalue weighted by Gasteiger charge is -2.27. The second kappa shape index (κ2) is 14.2. The summed E-state index contributed by atoms with van der Waals surface area (Å²) in [7, 11) is 1.38. The van der Waals surface area contributed by atoms with E-state index in [4.69, 9.17) is 26.1 Å². The normalized spacial score (nSPS) is 14.6. The smallest absolute Gasteiger partial charge is 0.338 e. The number of amides is 1. The number of ether oxygens (including phenoxy) is 2. The molecule has 0 saturated carbocycles. The number of fused-ring (bicyclic) bond motifs is 1. The van der Waals surface area contributed by atoms with Gasteiger partial charge in [0.05, 0.1) is 49.7 Å². The van der Waals surface area contributed by atoms with E-state index in [0.717, 1.165) is 46.4 Å². The molecule has 1 N–H and O–H groups in total. The lowest BCUT2D eigenvalue weighted by Crippen LogP contribution is -2.44. The minimum atomic E-state index is -0.366. The summed E-state index contributed by atoms with van der Waals surface area (Å²) in [5.41, 5.74) is 5.07. The Morgan fingerprint density at radius 3 is 2.67 bits per heavy atom. The van der Waals surface area contributed by atoms with Gasteiger partial charge in [-0.25, -0.2) is 9.78 Å². The molecule has 1 aliphatic rings. The predicted octanol–water partition coefficient (Wildman–Crippen LogP) is 5.97. The average molecular weight is 584 g/mol. The molecule has 0 spiro atoms. The van der Waals surface area contributed by atoms with Crippen LogP contribution in [0.4, 0.5) is 0 Å². The fourth-order valence-corrected chi connectivity index (χ4v) is 5.30. The van der Waals surface area contributed by atoms with E-state index in [1.54, 1.807) is 6.07 Å². The van der Waals surface area contributed by atoms with Crippen LogP contribution in [0.2, 0.25) is 5.02 Å². The van der Waals surface area contributed by atoms with Crippen molar-refractivity contribution in [2.24, 2.45) is 0 Å². The van der Waals surface area contributed by atoms with E-state index in [-0.39, 0.29) is 17.9 Å². The summed E-state index contributed by atoms with van der Waals surface area (Å²) in [6, 6.07) is 25.0. The zero-order valence-electron chi connectivity index (χ0n) is 23.6. The third-order valence-corrected chi connectivity index (χ3v) is 7.60. The molecule has 2 heterocycles. The summed E-state index contributed by atoms with van der Waals surface area (Å²) in [4.78, 5) is 32.3. The Morgan fingerprint density at radius 2 is 1.83 bits per heavy atom. The molecule has 0 bridgehead atoms. The van der Waals surface area contributed by atoms with Crippen LogP contribution < -0.4 is 5.32 Å². The van der Waals surface area contributed by atoms with Crippen LogP contribution in [0.5, 0.6) is 0 Å². The SMILES string of the molecule is COC(=O)c1ccccc1CCC(NC(=O)CN1CCOCC1)c1cccc(/C=C/c2ccc3ccc(Cl)cc3n2)c1. The highest BCUT2D eigenvalue weighted by Crippen LogP contribution is 2.24. The number of aryl methyl sites for hydroxylation is 1. The van der Waals surface area contributed by atoms with Gasteiger partial charge in [0.15, 0.2) is 0 Å². The Morgan fingerprint density at radius 1 is 1.02 bits per heavy atom. The second-order valence-electron chi connectivity index (χ2n) is 10.3. The summed E-state index contributed by atoms with van der Waals surface area (Å²) in [6.45, 7) is 3.05. The van der Waals surface area contributed by atoms with Crippen molar-refractivity contribution < 1.29 is 19.1 Å². The minimum absolute atomic E-state index is 0.0388. The van der Waals surface area contributed by atoms with Crippen LogP contribution in [0.3, 0.4) is 0 Å². The molecule has 0 aliphatic carbocycles. The zero-order valence-corrected chi connectivity index (χ0v) is 24.3. The van der Waals surface area contributed by atoms with E-state index < -0.39 is 0 Å². The third kappa shape index (κ3) is 7.82. The highest BCUT2D eigenvalue weighted by molar-refractivity contribution is 6.31. The standard InChI is InChI=1S/C34H34ClN3O4/c1-41-34(40)30-8-3-2-6-25(30)12-16-31(37-33(39)23-38-17-19-42-20-18-38)27-7-4-5-24(21-27)9-14-29-15-11-26-10-13-28(35)22-32(26)36-29/h2-11,13-15,21-22,31H,12,16-20,23H2,1H3,(H,37,39)/b14-9+. The summed E-state index contributed by atoms with van der Waals surface area (Å²) in [5, 5.41) is 4.94. The van der Waals surface area contributed by atoms with Gasteiger partial charge >= 0.3 is 5.97 Å². The van der Waals surface area contributed by atoms with Crippen molar-refractivity contribution in [1.82, 2.24) is 15.2 Å². The van der Waals surface area contributed by atoms with Crippen molar-refractivity contribution in [3.05, 3.63) is 112 Å². The van der Waals surface area contributed by atoms with Crippen LogP contribution in [-0.2, 0) is 20.7 Å². The van der Waals surface area contributed by atoms with E-state index in [0.29, 0.717) is 43.2 Å². The molecule has 1 fully saturated rings. The maximum Gasteiger partial charge on any atom is 0.338 e. The number of halogens is 1. The van der Waals surface area contributed by atoms with Crippen LogP contribution in [0.25, 0.3) is 23.1 Å². The number of methoxy groups -OCH3 is 1.